The molecular formula is C14H17N3O. The average molecular weight is 243 g/mol. The molecule has 0 saturated carbocycles. The summed E-state index contributed by atoms with van der Waals surface area (Å²) in [5.74, 6) is 0.842. The molecule has 1 aromatic carbocycles. The average Bonchev–Trinajstić information content (AvgIpc) is 2.91. The number of hydrogen-bond acceptors (Lipinski definition) is 4. The maximum absolute atomic E-state index is 5.33. The second kappa shape index (κ2) is 4.82. The summed E-state index contributed by atoms with van der Waals surface area (Å²) in [5.41, 5.74) is 2.07. The van der Waals surface area contributed by atoms with Crippen LogP contribution >= 0.6 is 0 Å². The van der Waals surface area contributed by atoms with E-state index in [9.17, 15) is 0 Å². The molecule has 3 rings (SSSR count). The van der Waals surface area contributed by atoms with Crippen molar-refractivity contribution in [1.82, 2.24) is 10.3 Å². The van der Waals surface area contributed by atoms with Gasteiger partial charge in [0.25, 0.3) is 0 Å². The molecule has 1 unspecified atom stereocenters. The number of nitrogens with one attached hydrogen (secondary N) is 2. The normalized spacial score (nSPS) is 19.1. The van der Waals surface area contributed by atoms with E-state index in [1.54, 1.807) is 7.11 Å². The van der Waals surface area contributed by atoms with Crippen molar-refractivity contribution in [2.24, 2.45) is 0 Å². The molecule has 1 aromatic heterocycles. The maximum atomic E-state index is 5.33. The third-order valence-electron chi connectivity index (χ3n) is 3.35. The van der Waals surface area contributed by atoms with Crippen molar-refractivity contribution in [3.8, 4) is 5.75 Å². The van der Waals surface area contributed by atoms with E-state index in [0.29, 0.717) is 6.04 Å². The molecule has 0 amide bonds. The van der Waals surface area contributed by atoms with E-state index in [2.05, 4.69) is 21.7 Å². The zero-order valence-corrected chi connectivity index (χ0v) is 10.4. The zero-order valence-electron chi connectivity index (χ0n) is 10.4. The molecule has 0 aliphatic carbocycles. The summed E-state index contributed by atoms with van der Waals surface area (Å²) in [4.78, 5) is 4.39. The van der Waals surface area contributed by atoms with E-state index >= 15 is 0 Å². The summed E-state index contributed by atoms with van der Waals surface area (Å²) >= 11 is 0. The predicted molar refractivity (Wildman–Crippen MR) is 73.2 cm³/mol. The monoisotopic (exact) mass is 243 g/mol. The quantitative estimate of drug-likeness (QED) is 0.865. The lowest BCUT2D eigenvalue weighted by Crippen LogP contribution is -2.22. The minimum Gasteiger partial charge on any atom is -0.497 e. The van der Waals surface area contributed by atoms with Crippen LogP contribution in [0.4, 0.5) is 5.69 Å². The zero-order chi connectivity index (χ0) is 12.4. The van der Waals surface area contributed by atoms with Crippen LogP contribution in [0.1, 0.15) is 6.42 Å². The van der Waals surface area contributed by atoms with Crippen LogP contribution in [0.3, 0.4) is 0 Å². The number of pyridine rings is 1. The molecule has 2 heterocycles. The van der Waals surface area contributed by atoms with Gasteiger partial charge in [-0.05, 0) is 25.1 Å². The number of nitrogens with zero attached hydrogens (tertiary/aromatic N) is 1. The Balaban J connectivity index is 2.01. The van der Waals surface area contributed by atoms with Crippen molar-refractivity contribution in [1.29, 1.82) is 0 Å². The number of fused-ring (bicyclic) bond motifs is 1. The Labute approximate surface area is 106 Å². The minimum absolute atomic E-state index is 0.487. The third kappa shape index (κ3) is 2.11. The fraction of sp³-hybridized carbons (Fsp3) is 0.357. The first-order valence-electron chi connectivity index (χ1n) is 6.27. The van der Waals surface area contributed by atoms with Crippen molar-refractivity contribution >= 4 is 16.6 Å². The van der Waals surface area contributed by atoms with Crippen molar-refractivity contribution in [2.45, 2.75) is 12.5 Å². The van der Waals surface area contributed by atoms with Crippen LogP contribution < -0.4 is 15.4 Å². The molecule has 1 aliphatic heterocycles. The Kier molecular flexibility index (Phi) is 3.02. The van der Waals surface area contributed by atoms with Gasteiger partial charge in [-0.25, -0.2) is 0 Å². The highest BCUT2D eigenvalue weighted by Crippen LogP contribution is 2.28. The van der Waals surface area contributed by atoms with E-state index in [1.165, 1.54) is 0 Å². The summed E-state index contributed by atoms with van der Waals surface area (Å²) in [6, 6.07) is 8.55. The van der Waals surface area contributed by atoms with Gasteiger partial charge in [0.1, 0.15) is 5.75 Å². The van der Waals surface area contributed by atoms with E-state index in [4.69, 9.17) is 4.74 Å². The largest absolute Gasteiger partial charge is 0.497 e. The topological polar surface area (TPSA) is 46.2 Å². The number of rotatable bonds is 3. The SMILES string of the molecule is COc1cc(NC2CCNC2)c2cccnc2c1. The lowest BCUT2D eigenvalue weighted by Gasteiger charge is -2.16. The highest BCUT2D eigenvalue weighted by Gasteiger charge is 2.15. The van der Waals surface area contributed by atoms with Gasteiger partial charge in [0, 0.05) is 42.0 Å². The van der Waals surface area contributed by atoms with Crippen molar-refractivity contribution in [3.05, 3.63) is 30.5 Å². The molecule has 18 heavy (non-hydrogen) atoms. The first-order valence-corrected chi connectivity index (χ1v) is 6.27. The Morgan fingerprint density at radius 3 is 3.17 bits per heavy atom. The van der Waals surface area contributed by atoms with Crippen LogP contribution in [-0.4, -0.2) is 31.2 Å². The molecule has 0 spiro atoms. The molecule has 0 radical (unpaired) electrons. The lowest BCUT2D eigenvalue weighted by molar-refractivity contribution is 0.415. The second-order valence-electron chi connectivity index (χ2n) is 4.58. The number of anilines is 1. The second-order valence-corrected chi connectivity index (χ2v) is 4.58. The molecule has 1 fully saturated rings. The molecule has 1 atom stereocenters. The minimum atomic E-state index is 0.487. The summed E-state index contributed by atoms with van der Waals surface area (Å²) in [6.45, 7) is 2.09. The molecule has 0 bridgehead atoms. The van der Waals surface area contributed by atoms with Crippen molar-refractivity contribution < 1.29 is 4.74 Å². The van der Waals surface area contributed by atoms with Crippen LogP contribution in [0, 0.1) is 0 Å². The van der Waals surface area contributed by atoms with Gasteiger partial charge in [-0.1, -0.05) is 0 Å². The van der Waals surface area contributed by atoms with Crippen molar-refractivity contribution in [3.63, 3.8) is 0 Å². The smallest absolute Gasteiger partial charge is 0.123 e. The van der Waals surface area contributed by atoms with Gasteiger partial charge in [0.2, 0.25) is 0 Å². The maximum Gasteiger partial charge on any atom is 0.123 e. The Bertz CT molecular complexity index is 550. The van der Waals surface area contributed by atoms with Crippen molar-refractivity contribution in [2.75, 3.05) is 25.5 Å². The Morgan fingerprint density at radius 2 is 2.39 bits per heavy atom. The molecule has 1 saturated heterocycles. The Hall–Kier alpha value is -1.81. The van der Waals surface area contributed by atoms with Gasteiger partial charge in [-0.2, -0.15) is 0 Å². The fourth-order valence-corrected chi connectivity index (χ4v) is 2.39. The first-order chi connectivity index (χ1) is 8.86. The van der Waals surface area contributed by atoms with Gasteiger partial charge < -0.3 is 15.4 Å². The van der Waals surface area contributed by atoms with Gasteiger partial charge >= 0.3 is 0 Å². The molecule has 4 heteroatoms. The standard InChI is InChI=1S/C14H17N3O/c1-18-11-7-13-12(3-2-5-16-13)14(8-11)17-10-4-6-15-9-10/h2-3,5,7-8,10,15,17H,4,6,9H2,1H3. The van der Waals surface area contributed by atoms with Gasteiger partial charge in [-0.3, -0.25) is 4.98 Å². The number of hydrogen-bond donors (Lipinski definition) is 2. The van der Waals surface area contributed by atoms with Crippen LogP contribution in [0.25, 0.3) is 10.9 Å². The first kappa shape index (κ1) is 11.3. The predicted octanol–water partition coefficient (Wildman–Crippen LogP) is 2.02. The van der Waals surface area contributed by atoms with E-state index in [0.717, 1.165) is 41.9 Å². The fourth-order valence-electron chi connectivity index (χ4n) is 2.39. The van der Waals surface area contributed by atoms with Crippen LogP contribution in [0.2, 0.25) is 0 Å². The molecule has 2 N–H and O–H groups in total. The van der Waals surface area contributed by atoms with Crippen LogP contribution in [0.5, 0.6) is 5.75 Å². The number of ether oxygens (including phenoxy) is 1. The highest BCUT2D eigenvalue weighted by molar-refractivity contribution is 5.92. The van der Waals surface area contributed by atoms with E-state index in [1.807, 2.05) is 24.4 Å². The number of benzene rings is 1. The number of methoxy groups -OCH3 is 1. The lowest BCUT2D eigenvalue weighted by atomic mass is 10.1. The number of aromatic nitrogens is 1. The molecule has 4 nitrogen and oxygen atoms in total. The van der Waals surface area contributed by atoms with E-state index < -0.39 is 0 Å². The van der Waals surface area contributed by atoms with Gasteiger partial charge in [-0.15, -0.1) is 0 Å². The molecule has 2 aromatic rings. The van der Waals surface area contributed by atoms with Gasteiger partial charge in [0.05, 0.1) is 12.6 Å². The highest BCUT2D eigenvalue weighted by atomic mass is 16.5. The van der Waals surface area contributed by atoms with Gasteiger partial charge in [0.15, 0.2) is 0 Å². The summed E-state index contributed by atoms with van der Waals surface area (Å²) in [6.07, 6.45) is 2.96. The van der Waals surface area contributed by atoms with Crippen LogP contribution in [0.15, 0.2) is 30.5 Å². The summed E-state index contributed by atoms with van der Waals surface area (Å²) in [5, 5.41) is 8.08. The molecule has 1 aliphatic rings. The summed E-state index contributed by atoms with van der Waals surface area (Å²) < 4.78 is 5.33. The molecular weight excluding hydrogens is 226 g/mol. The van der Waals surface area contributed by atoms with E-state index in [-0.39, 0.29) is 0 Å². The summed E-state index contributed by atoms with van der Waals surface area (Å²) in [7, 11) is 1.69. The molecule has 94 valence electrons. The van der Waals surface area contributed by atoms with Crippen LogP contribution in [-0.2, 0) is 0 Å². The Morgan fingerprint density at radius 1 is 1.44 bits per heavy atom. The third-order valence-corrected chi connectivity index (χ3v) is 3.35.